The first kappa shape index (κ1) is 22.4. The number of nitrogens with two attached hydrogens (primary N) is 1. The highest BCUT2D eigenvalue weighted by molar-refractivity contribution is 6.02. The highest BCUT2D eigenvalue weighted by Crippen LogP contribution is 2.32. The van der Waals surface area contributed by atoms with Gasteiger partial charge in [0.1, 0.15) is 17.8 Å². The molecule has 0 fully saturated rings. The maximum Gasteiger partial charge on any atom is 0.266 e. The third kappa shape index (κ3) is 3.87. The molecular formula is C30H23N5O2. The molecule has 180 valence electrons. The lowest BCUT2D eigenvalue weighted by molar-refractivity contribution is 0.0991. The Morgan fingerprint density at radius 1 is 0.919 bits per heavy atom. The van der Waals surface area contributed by atoms with Crippen LogP contribution in [0.5, 0.6) is 0 Å². The zero-order valence-electron chi connectivity index (χ0n) is 20.1. The summed E-state index contributed by atoms with van der Waals surface area (Å²) in [6, 6.07) is 26.4. The molecule has 37 heavy (non-hydrogen) atoms. The summed E-state index contributed by atoms with van der Waals surface area (Å²) in [5.41, 5.74) is 10.9. The van der Waals surface area contributed by atoms with E-state index in [0.717, 1.165) is 44.3 Å². The van der Waals surface area contributed by atoms with Gasteiger partial charge in [-0.1, -0.05) is 60.7 Å². The molecule has 3 heterocycles. The van der Waals surface area contributed by atoms with Gasteiger partial charge in [-0.15, -0.1) is 0 Å². The number of fused-ring (bicyclic) bond motifs is 2. The number of nitrogen functional groups attached to an aromatic ring is 1. The van der Waals surface area contributed by atoms with Crippen LogP contribution in [0.15, 0.2) is 102 Å². The van der Waals surface area contributed by atoms with Gasteiger partial charge in [-0.25, -0.2) is 9.97 Å². The van der Waals surface area contributed by atoms with E-state index in [4.69, 9.17) is 5.73 Å². The smallest absolute Gasteiger partial charge is 0.266 e. The fraction of sp³-hybridized carbons (Fsp3) is 0.0667. The van der Waals surface area contributed by atoms with Crippen LogP contribution in [0.1, 0.15) is 15.9 Å². The monoisotopic (exact) mass is 485 g/mol. The van der Waals surface area contributed by atoms with Gasteiger partial charge in [-0.2, -0.15) is 0 Å². The number of pyridine rings is 1. The van der Waals surface area contributed by atoms with Gasteiger partial charge in [-0.3, -0.25) is 14.2 Å². The van der Waals surface area contributed by atoms with Crippen LogP contribution in [0.25, 0.3) is 38.8 Å². The Hall–Kier alpha value is -5.04. The third-order valence-corrected chi connectivity index (χ3v) is 6.64. The fourth-order valence-electron chi connectivity index (χ4n) is 4.83. The second-order valence-electron chi connectivity index (χ2n) is 9.00. The number of rotatable bonds is 5. The van der Waals surface area contributed by atoms with Crippen LogP contribution in [0, 0.1) is 0 Å². The number of para-hydroxylation sites is 2. The summed E-state index contributed by atoms with van der Waals surface area (Å²) in [6.07, 6.45) is 3.54. The number of nitrogens with zero attached hydrogens (tertiary/aromatic N) is 4. The molecule has 7 heteroatoms. The van der Waals surface area contributed by atoms with E-state index in [1.165, 1.54) is 6.33 Å². The topological polar surface area (TPSA) is 95.8 Å². The number of carbonyl (C=O) groups excluding carboxylic acids is 1. The summed E-state index contributed by atoms with van der Waals surface area (Å²) in [4.78, 5) is 35.4. The van der Waals surface area contributed by atoms with Crippen LogP contribution in [-0.4, -0.2) is 24.9 Å². The van der Waals surface area contributed by atoms with Crippen molar-refractivity contribution in [2.24, 2.45) is 7.05 Å². The molecule has 0 amide bonds. The van der Waals surface area contributed by atoms with Gasteiger partial charge in [-0.05, 0) is 40.8 Å². The Bertz CT molecular complexity index is 1850. The first-order chi connectivity index (χ1) is 18.0. The lowest BCUT2D eigenvalue weighted by atomic mass is 9.99. The maximum absolute atomic E-state index is 13.5. The summed E-state index contributed by atoms with van der Waals surface area (Å²) < 4.78 is 3.52. The zero-order chi connectivity index (χ0) is 25.5. The summed E-state index contributed by atoms with van der Waals surface area (Å²) in [7, 11) is 1.91. The Balaban J connectivity index is 1.36. The average molecular weight is 486 g/mol. The van der Waals surface area contributed by atoms with E-state index in [9.17, 15) is 9.59 Å². The first-order valence-electron chi connectivity index (χ1n) is 11.9. The van der Waals surface area contributed by atoms with Gasteiger partial charge >= 0.3 is 0 Å². The van der Waals surface area contributed by atoms with Crippen molar-refractivity contribution in [2.75, 3.05) is 5.73 Å². The minimum atomic E-state index is -0.322. The molecule has 2 N–H and O–H groups in total. The van der Waals surface area contributed by atoms with E-state index < -0.39 is 0 Å². The van der Waals surface area contributed by atoms with Crippen molar-refractivity contribution in [3.8, 4) is 16.8 Å². The van der Waals surface area contributed by atoms with Crippen molar-refractivity contribution >= 4 is 33.5 Å². The quantitative estimate of drug-likeness (QED) is 0.349. The highest BCUT2D eigenvalue weighted by Gasteiger charge is 2.18. The van der Waals surface area contributed by atoms with Gasteiger partial charge in [0.15, 0.2) is 5.78 Å². The largest absolute Gasteiger partial charge is 0.383 e. The van der Waals surface area contributed by atoms with Crippen molar-refractivity contribution in [1.82, 2.24) is 19.1 Å². The standard InChI is InChI=1S/C30H23N5O2/c1-34-17-24(27-28(31)32-18-33-29(27)34)20-13-11-19(12-14-20)15-26(36)23-16-21-7-5-6-10-25(21)35(30(23)37)22-8-3-2-4-9-22/h2-14,16-18H,15H2,1H3,(H2,31,32,33). The maximum atomic E-state index is 13.5. The number of carbonyl (C=O) groups is 1. The molecule has 0 saturated carbocycles. The summed E-state index contributed by atoms with van der Waals surface area (Å²) in [5.74, 6) is 0.196. The Morgan fingerprint density at radius 3 is 2.43 bits per heavy atom. The molecule has 0 atom stereocenters. The van der Waals surface area contributed by atoms with Crippen molar-refractivity contribution < 1.29 is 4.79 Å². The average Bonchev–Trinajstić information content (AvgIpc) is 3.26. The van der Waals surface area contributed by atoms with E-state index in [1.807, 2.05) is 96.7 Å². The molecule has 0 radical (unpaired) electrons. The van der Waals surface area contributed by atoms with Gasteiger partial charge in [0.2, 0.25) is 0 Å². The lowest BCUT2D eigenvalue weighted by Crippen LogP contribution is -2.26. The fourth-order valence-corrected chi connectivity index (χ4v) is 4.83. The second-order valence-corrected chi connectivity index (χ2v) is 9.00. The number of Topliss-reactive ketones (excluding diaryl/α,β-unsaturated/α-hetero) is 1. The van der Waals surface area contributed by atoms with E-state index in [2.05, 4.69) is 9.97 Å². The summed E-state index contributed by atoms with van der Waals surface area (Å²) in [5, 5.41) is 1.63. The van der Waals surface area contributed by atoms with Gasteiger partial charge < -0.3 is 10.3 Å². The number of aromatic nitrogens is 4. The molecule has 0 unspecified atom stereocenters. The molecule has 3 aromatic carbocycles. The molecule has 0 aliphatic rings. The van der Waals surface area contributed by atoms with Gasteiger partial charge in [0.05, 0.1) is 16.5 Å². The number of anilines is 1. The number of hydrogen-bond acceptors (Lipinski definition) is 5. The van der Waals surface area contributed by atoms with Crippen LogP contribution in [-0.2, 0) is 13.5 Å². The SMILES string of the molecule is Cn1cc(-c2ccc(CC(=O)c3cc4ccccc4n(-c4ccccc4)c3=O)cc2)c2c(N)ncnc21. The van der Waals surface area contributed by atoms with Crippen LogP contribution in [0.2, 0.25) is 0 Å². The van der Waals surface area contributed by atoms with E-state index in [-0.39, 0.29) is 23.3 Å². The number of benzene rings is 3. The Labute approximate surface area is 212 Å². The van der Waals surface area contributed by atoms with E-state index in [0.29, 0.717) is 5.82 Å². The first-order valence-corrected chi connectivity index (χ1v) is 11.9. The number of ketones is 1. The second kappa shape index (κ2) is 8.87. The van der Waals surface area contributed by atoms with Gasteiger partial charge in [0.25, 0.3) is 5.56 Å². The molecule has 0 spiro atoms. The molecule has 0 bridgehead atoms. The van der Waals surface area contributed by atoms with Crippen LogP contribution in [0.3, 0.4) is 0 Å². The number of aryl methyl sites for hydroxylation is 1. The minimum Gasteiger partial charge on any atom is -0.383 e. The predicted molar refractivity (Wildman–Crippen MR) is 146 cm³/mol. The van der Waals surface area contributed by atoms with Gasteiger partial charge in [0, 0.05) is 30.9 Å². The minimum absolute atomic E-state index is 0.115. The van der Waals surface area contributed by atoms with Crippen molar-refractivity contribution in [2.45, 2.75) is 6.42 Å². The lowest BCUT2D eigenvalue weighted by Gasteiger charge is -2.13. The predicted octanol–water partition coefficient (Wildman–Crippen LogP) is 4.95. The van der Waals surface area contributed by atoms with Crippen LogP contribution in [0.4, 0.5) is 5.82 Å². The molecule has 6 rings (SSSR count). The highest BCUT2D eigenvalue weighted by atomic mass is 16.1. The van der Waals surface area contributed by atoms with E-state index >= 15 is 0 Å². The molecule has 7 nitrogen and oxygen atoms in total. The summed E-state index contributed by atoms with van der Waals surface area (Å²) >= 11 is 0. The van der Waals surface area contributed by atoms with Crippen LogP contribution < -0.4 is 11.3 Å². The van der Waals surface area contributed by atoms with Crippen molar-refractivity contribution in [1.29, 1.82) is 0 Å². The normalized spacial score (nSPS) is 11.3. The van der Waals surface area contributed by atoms with E-state index in [1.54, 1.807) is 10.6 Å². The Morgan fingerprint density at radius 2 is 1.65 bits per heavy atom. The molecule has 3 aromatic heterocycles. The molecule has 6 aromatic rings. The Kier molecular flexibility index (Phi) is 5.38. The van der Waals surface area contributed by atoms with Crippen LogP contribution >= 0.6 is 0 Å². The zero-order valence-corrected chi connectivity index (χ0v) is 20.1. The molecule has 0 aliphatic heterocycles. The third-order valence-electron chi connectivity index (χ3n) is 6.64. The summed E-state index contributed by atoms with van der Waals surface area (Å²) in [6.45, 7) is 0. The molecule has 0 aliphatic carbocycles. The molecule has 0 saturated heterocycles. The number of hydrogen-bond donors (Lipinski definition) is 1. The van der Waals surface area contributed by atoms with Crippen molar-refractivity contribution in [3.63, 3.8) is 0 Å². The molecular weight excluding hydrogens is 462 g/mol. The van der Waals surface area contributed by atoms with Crippen molar-refractivity contribution in [3.05, 3.63) is 119 Å².